The number of carbonyl (C=O) groups excluding carboxylic acids is 1. The molecule has 0 aliphatic heterocycles. The van der Waals surface area contributed by atoms with Crippen LogP contribution in [0.5, 0.6) is 0 Å². The molecular formula is C8H11NO3. The Morgan fingerprint density at radius 1 is 1.58 bits per heavy atom. The summed E-state index contributed by atoms with van der Waals surface area (Å²) in [5.74, 6) is -0.608. The lowest BCUT2D eigenvalue weighted by atomic mass is 10.3. The Morgan fingerprint density at radius 3 is 2.67 bits per heavy atom. The minimum atomic E-state index is -1.08. The van der Waals surface area contributed by atoms with E-state index in [1.807, 2.05) is 12.1 Å². The molecule has 4 nitrogen and oxygen atoms in total. The van der Waals surface area contributed by atoms with Crippen LogP contribution in [0, 0.1) is 0 Å². The Bertz CT molecular complexity index is 243. The van der Waals surface area contributed by atoms with E-state index in [2.05, 4.69) is 4.74 Å². The number of aliphatic hydroxyl groups is 1. The van der Waals surface area contributed by atoms with Crippen LogP contribution in [0.15, 0.2) is 24.5 Å². The second-order valence-electron chi connectivity index (χ2n) is 2.42. The van der Waals surface area contributed by atoms with Gasteiger partial charge in [-0.1, -0.05) is 0 Å². The van der Waals surface area contributed by atoms with Crippen LogP contribution in [0.2, 0.25) is 0 Å². The highest BCUT2D eigenvalue weighted by molar-refractivity contribution is 5.73. The van der Waals surface area contributed by atoms with Gasteiger partial charge in [0.05, 0.1) is 13.7 Å². The van der Waals surface area contributed by atoms with Crippen LogP contribution in [0.25, 0.3) is 0 Å². The number of aromatic nitrogens is 1. The highest BCUT2D eigenvalue weighted by Gasteiger charge is 2.14. The zero-order valence-electron chi connectivity index (χ0n) is 6.80. The van der Waals surface area contributed by atoms with Gasteiger partial charge in [0.1, 0.15) is 0 Å². The molecule has 0 aromatic carbocycles. The van der Waals surface area contributed by atoms with Crippen molar-refractivity contribution >= 4 is 5.97 Å². The van der Waals surface area contributed by atoms with Crippen LogP contribution in [-0.4, -0.2) is 28.9 Å². The van der Waals surface area contributed by atoms with Crippen molar-refractivity contribution in [2.24, 2.45) is 0 Å². The van der Waals surface area contributed by atoms with Crippen molar-refractivity contribution in [3.8, 4) is 0 Å². The minimum Gasteiger partial charge on any atom is -0.467 e. The van der Waals surface area contributed by atoms with E-state index in [1.54, 1.807) is 17.0 Å². The van der Waals surface area contributed by atoms with Gasteiger partial charge in [-0.15, -0.1) is 0 Å². The lowest BCUT2D eigenvalue weighted by Gasteiger charge is -2.08. The van der Waals surface area contributed by atoms with Crippen LogP contribution < -0.4 is 0 Å². The molecule has 66 valence electrons. The number of hydrogen-bond donors (Lipinski definition) is 1. The maximum atomic E-state index is 10.8. The van der Waals surface area contributed by atoms with Gasteiger partial charge in [-0.25, -0.2) is 4.79 Å². The summed E-state index contributed by atoms with van der Waals surface area (Å²) in [6, 6.07) is 3.65. The lowest BCUT2D eigenvalue weighted by molar-refractivity contribution is -0.151. The first-order valence-electron chi connectivity index (χ1n) is 3.60. The fourth-order valence-electron chi connectivity index (χ4n) is 0.902. The van der Waals surface area contributed by atoms with E-state index in [9.17, 15) is 9.90 Å². The van der Waals surface area contributed by atoms with Gasteiger partial charge in [0.25, 0.3) is 0 Å². The smallest absolute Gasteiger partial charge is 0.336 e. The lowest BCUT2D eigenvalue weighted by Crippen LogP contribution is -2.26. The molecule has 12 heavy (non-hydrogen) atoms. The van der Waals surface area contributed by atoms with E-state index in [-0.39, 0.29) is 6.54 Å². The Morgan fingerprint density at radius 2 is 2.17 bits per heavy atom. The summed E-state index contributed by atoms with van der Waals surface area (Å²) in [5.41, 5.74) is 0. The number of rotatable bonds is 3. The van der Waals surface area contributed by atoms with Crippen molar-refractivity contribution < 1.29 is 14.6 Å². The molecule has 1 aromatic rings. The number of hydrogen-bond acceptors (Lipinski definition) is 3. The van der Waals surface area contributed by atoms with Gasteiger partial charge in [0.15, 0.2) is 6.10 Å². The van der Waals surface area contributed by atoms with Crippen molar-refractivity contribution in [1.82, 2.24) is 4.57 Å². The van der Waals surface area contributed by atoms with Crippen molar-refractivity contribution in [1.29, 1.82) is 0 Å². The predicted molar refractivity (Wildman–Crippen MR) is 42.5 cm³/mol. The molecule has 0 spiro atoms. The first-order chi connectivity index (χ1) is 5.74. The number of esters is 1. The quantitative estimate of drug-likeness (QED) is 0.649. The zero-order chi connectivity index (χ0) is 8.97. The molecule has 4 heteroatoms. The van der Waals surface area contributed by atoms with E-state index < -0.39 is 12.1 Å². The molecule has 1 N–H and O–H groups in total. The third-order valence-electron chi connectivity index (χ3n) is 1.52. The number of aliphatic hydroxyl groups excluding tert-OH is 1. The number of carbonyl (C=O) groups is 1. The molecule has 1 atom stereocenters. The molecule has 0 saturated carbocycles. The average Bonchev–Trinajstić information content (AvgIpc) is 2.55. The van der Waals surface area contributed by atoms with E-state index in [1.165, 1.54) is 7.11 Å². The van der Waals surface area contributed by atoms with E-state index in [0.29, 0.717) is 0 Å². The molecular weight excluding hydrogens is 158 g/mol. The van der Waals surface area contributed by atoms with Crippen LogP contribution in [0.4, 0.5) is 0 Å². The van der Waals surface area contributed by atoms with Gasteiger partial charge in [0.2, 0.25) is 0 Å². The molecule has 1 rings (SSSR count). The molecule has 0 aliphatic carbocycles. The Kier molecular flexibility index (Phi) is 2.88. The molecule has 0 aliphatic rings. The molecule has 0 unspecified atom stereocenters. The van der Waals surface area contributed by atoms with Gasteiger partial charge in [-0.2, -0.15) is 0 Å². The maximum Gasteiger partial charge on any atom is 0.336 e. The normalized spacial score (nSPS) is 12.5. The number of ether oxygens (including phenoxy) is 1. The molecule has 0 fully saturated rings. The summed E-state index contributed by atoms with van der Waals surface area (Å²) >= 11 is 0. The first kappa shape index (κ1) is 8.80. The van der Waals surface area contributed by atoms with E-state index in [0.717, 1.165) is 0 Å². The summed E-state index contributed by atoms with van der Waals surface area (Å²) in [4.78, 5) is 10.8. The summed E-state index contributed by atoms with van der Waals surface area (Å²) in [6.07, 6.45) is 2.46. The predicted octanol–water partition coefficient (Wildman–Crippen LogP) is 0.0220. The molecule has 0 saturated heterocycles. The first-order valence-corrected chi connectivity index (χ1v) is 3.60. The van der Waals surface area contributed by atoms with Gasteiger partial charge in [0, 0.05) is 12.4 Å². The number of nitrogens with zero attached hydrogens (tertiary/aromatic N) is 1. The summed E-state index contributed by atoms with van der Waals surface area (Å²) in [7, 11) is 1.25. The monoisotopic (exact) mass is 169 g/mol. The fourth-order valence-corrected chi connectivity index (χ4v) is 0.902. The Balaban J connectivity index is 2.47. The molecule has 0 amide bonds. The van der Waals surface area contributed by atoms with Crippen LogP contribution >= 0.6 is 0 Å². The molecule has 1 heterocycles. The topological polar surface area (TPSA) is 51.5 Å². The molecule has 0 bridgehead atoms. The zero-order valence-corrected chi connectivity index (χ0v) is 6.80. The third-order valence-corrected chi connectivity index (χ3v) is 1.52. The standard InChI is InChI=1S/C8H11NO3/c1-12-8(11)7(10)6-9-4-2-3-5-9/h2-5,7,10H,6H2,1H3/t7-/m1/s1. The van der Waals surface area contributed by atoms with E-state index in [4.69, 9.17) is 0 Å². The van der Waals surface area contributed by atoms with Gasteiger partial charge < -0.3 is 14.4 Å². The van der Waals surface area contributed by atoms with Gasteiger partial charge in [-0.05, 0) is 12.1 Å². The van der Waals surface area contributed by atoms with Crippen molar-refractivity contribution in [2.75, 3.05) is 7.11 Å². The Hall–Kier alpha value is -1.29. The van der Waals surface area contributed by atoms with Gasteiger partial charge in [-0.3, -0.25) is 0 Å². The summed E-state index contributed by atoms with van der Waals surface area (Å²) in [5, 5.41) is 9.19. The summed E-state index contributed by atoms with van der Waals surface area (Å²) < 4.78 is 6.07. The average molecular weight is 169 g/mol. The molecule has 1 aromatic heterocycles. The van der Waals surface area contributed by atoms with Crippen LogP contribution in [0.1, 0.15) is 0 Å². The highest BCUT2D eigenvalue weighted by Crippen LogP contribution is 1.95. The van der Waals surface area contributed by atoms with Crippen molar-refractivity contribution in [3.63, 3.8) is 0 Å². The Labute approximate surface area is 70.4 Å². The van der Waals surface area contributed by atoms with E-state index >= 15 is 0 Å². The van der Waals surface area contributed by atoms with Crippen molar-refractivity contribution in [2.45, 2.75) is 12.6 Å². The number of methoxy groups -OCH3 is 1. The third kappa shape index (κ3) is 2.10. The molecule has 0 radical (unpaired) electrons. The summed E-state index contributed by atoms with van der Waals surface area (Å²) in [6.45, 7) is 0.236. The fraction of sp³-hybridized carbons (Fsp3) is 0.375. The SMILES string of the molecule is COC(=O)[C@H](O)Cn1cccc1. The van der Waals surface area contributed by atoms with Crippen LogP contribution in [0.3, 0.4) is 0 Å². The van der Waals surface area contributed by atoms with Gasteiger partial charge >= 0.3 is 5.97 Å². The van der Waals surface area contributed by atoms with Crippen molar-refractivity contribution in [3.05, 3.63) is 24.5 Å². The maximum absolute atomic E-state index is 10.8. The van der Waals surface area contributed by atoms with Crippen LogP contribution in [-0.2, 0) is 16.1 Å². The second-order valence-corrected chi connectivity index (χ2v) is 2.42. The highest BCUT2D eigenvalue weighted by atomic mass is 16.5. The second kappa shape index (κ2) is 3.92. The minimum absolute atomic E-state index is 0.236. The largest absolute Gasteiger partial charge is 0.467 e.